The number of hydrogen-bond donors (Lipinski definition) is 0. The fourth-order valence-corrected chi connectivity index (χ4v) is 3.13. The molecule has 1 heterocycles. The molecule has 0 unspecified atom stereocenters. The van der Waals surface area contributed by atoms with E-state index in [9.17, 15) is 8.42 Å². The van der Waals surface area contributed by atoms with E-state index < -0.39 is 9.84 Å². The molecule has 0 spiro atoms. The van der Waals surface area contributed by atoms with Crippen molar-refractivity contribution in [1.82, 2.24) is 4.90 Å². The molecule has 0 amide bonds. The summed E-state index contributed by atoms with van der Waals surface area (Å²) in [6, 6.07) is 0. The molecule has 17 heavy (non-hydrogen) atoms. The van der Waals surface area contributed by atoms with Crippen LogP contribution in [0.15, 0.2) is 0 Å². The molecule has 0 aromatic carbocycles. The molecule has 3 nitrogen and oxygen atoms in total. The van der Waals surface area contributed by atoms with Crippen molar-refractivity contribution in [2.24, 2.45) is 11.3 Å². The summed E-state index contributed by atoms with van der Waals surface area (Å²) in [5.74, 6) is 1.07. The van der Waals surface area contributed by atoms with Crippen molar-refractivity contribution in [2.45, 2.75) is 40.0 Å². The first-order valence-electron chi connectivity index (χ1n) is 6.58. The largest absolute Gasteiger partial charge is 0.302 e. The van der Waals surface area contributed by atoms with E-state index in [1.807, 2.05) is 0 Å². The average Bonchev–Trinajstić information content (AvgIpc) is 2.37. The smallest absolute Gasteiger partial charge is 0.148 e. The summed E-state index contributed by atoms with van der Waals surface area (Å²) in [4.78, 5) is 2.31. The van der Waals surface area contributed by atoms with Gasteiger partial charge in [0.1, 0.15) is 9.84 Å². The topological polar surface area (TPSA) is 37.4 Å². The highest BCUT2D eigenvalue weighted by Crippen LogP contribution is 2.34. The molecule has 0 aliphatic carbocycles. The molecule has 1 rings (SSSR count). The lowest BCUT2D eigenvalue weighted by Crippen LogP contribution is -2.30. The van der Waals surface area contributed by atoms with Crippen LogP contribution in [0.4, 0.5) is 0 Å². The van der Waals surface area contributed by atoms with Gasteiger partial charge < -0.3 is 4.90 Å². The highest BCUT2D eigenvalue weighted by molar-refractivity contribution is 7.90. The average molecular weight is 261 g/mol. The summed E-state index contributed by atoms with van der Waals surface area (Å²) in [6.45, 7) is 9.74. The second-order valence-electron chi connectivity index (χ2n) is 6.47. The first-order chi connectivity index (χ1) is 7.68. The van der Waals surface area contributed by atoms with E-state index in [4.69, 9.17) is 0 Å². The molecule has 102 valence electrons. The molecule has 0 saturated carbocycles. The zero-order valence-corrected chi connectivity index (χ0v) is 12.5. The molecular formula is C13H27NO2S. The Morgan fingerprint density at radius 2 is 1.82 bits per heavy atom. The summed E-state index contributed by atoms with van der Waals surface area (Å²) >= 11 is 0. The lowest BCUT2D eigenvalue weighted by molar-refractivity contribution is 0.210. The van der Waals surface area contributed by atoms with E-state index >= 15 is 0 Å². The van der Waals surface area contributed by atoms with Crippen molar-refractivity contribution in [3.8, 4) is 0 Å². The molecule has 1 aliphatic heterocycles. The maximum atomic E-state index is 11.2. The number of sulfone groups is 1. The molecule has 1 atom stereocenters. The van der Waals surface area contributed by atoms with Crippen LogP contribution < -0.4 is 0 Å². The number of nitrogens with zero attached hydrogens (tertiary/aromatic N) is 1. The molecule has 0 N–H and O–H groups in total. The minimum Gasteiger partial charge on any atom is -0.302 e. The van der Waals surface area contributed by atoms with Crippen LogP contribution in [-0.4, -0.2) is 45.0 Å². The Bertz CT molecular complexity index is 330. The van der Waals surface area contributed by atoms with Crippen molar-refractivity contribution < 1.29 is 8.42 Å². The maximum absolute atomic E-state index is 11.2. The molecule has 1 saturated heterocycles. The van der Waals surface area contributed by atoms with Crippen LogP contribution in [0.5, 0.6) is 0 Å². The van der Waals surface area contributed by atoms with Crippen molar-refractivity contribution in [3.05, 3.63) is 0 Å². The zero-order valence-electron chi connectivity index (χ0n) is 11.7. The van der Waals surface area contributed by atoms with Crippen LogP contribution in [0.3, 0.4) is 0 Å². The van der Waals surface area contributed by atoms with E-state index in [2.05, 4.69) is 25.7 Å². The highest BCUT2D eigenvalue weighted by Gasteiger charge is 2.27. The number of likely N-dealkylation sites (tertiary alicyclic amines) is 1. The van der Waals surface area contributed by atoms with Gasteiger partial charge in [-0.05, 0) is 43.7 Å². The van der Waals surface area contributed by atoms with Gasteiger partial charge in [-0.25, -0.2) is 8.42 Å². The normalized spacial score (nSPS) is 24.6. The lowest BCUT2D eigenvalue weighted by Gasteiger charge is -2.29. The maximum Gasteiger partial charge on any atom is 0.148 e. The van der Waals surface area contributed by atoms with E-state index in [-0.39, 0.29) is 0 Å². The molecular weight excluding hydrogens is 234 g/mol. The third kappa shape index (κ3) is 5.87. The molecule has 0 aromatic rings. The molecule has 0 radical (unpaired) electrons. The zero-order chi connectivity index (χ0) is 13.1. The van der Waals surface area contributed by atoms with E-state index in [1.54, 1.807) is 0 Å². The lowest BCUT2D eigenvalue weighted by atomic mass is 9.77. The Kier molecular flexibility index (Phi) is 5.02. The summed E-state index contributed by atoms with van der Waals surface area (Å²) in [5, 5.41) is 0. The summed E-state index contributed by atoms with van der Waals surface area (Å²) < 4.78 is 22.3. The molecule has 0 bridgehead atoms. The standard InChI is InChI=1S/C13H27NO2S/c1-13(2,3)12-6-5-8-14(9-7-12)10-11-17(4,15)16/h12H,5-11H2,1-4H3/t12-/m0/s1. The van der Waals surface area contributed by atoms with Crippen molar-refractivity contribution in [3.63, 3.8) is 0 Å². The Labute approximate surface area is 106 Å². The molecule has 1 fully saturated rings. The van der Waals surface area contributed by atoms with Crippen LogP contribution in [0, 0.1) is 11.3 Å². The Hall–Kier alpha value is -0.0900. The van der Waals surface area contributed by atoms with Gasteiger partial charge in [0, 0.05) is 12.8 Å². The van der Waals surface area contributed by atoms with E-state index in [1.165, 1.54) is 25.5 Å². The van der Waals surface area contributed by atoms with Crippen LogP contribution in [0.25, 0.3) is 0 Å². The van der Waals surface area contributed by atoms with Gasteiger partial charge in [0.15, 0.2) is 0 Å². The molecule has 4 heteroatoms. The van der Waals surface area contributed by atoms with Crippen LogP contribution >= 0.6 is 0 Å². The SMILES string of the molecule is CC(C)(C)[C@H]1CCCN(CCS(C)(=O)=O)CC1. The minimum atomic E-state index is -2.82. The minimum absolute atomic E-state index is 0.299. The monoisotopic (exact) mass is 261 g/mol. The Morgan fingerprint density at radius 3 is 2.35 bits per heavy atom. The Balaban J connectivity index is 2.43. The van der Waals surface area contributed by atoms with Gasteiger partial charge in [-0.3, -0.25) is 0 Å². The van der Waals surface area contributed by atoms with Crippen LogP contribution in [0.2, 0.25) is 0 Å². The van der Waals surface area contributed by atoms with Gasteiger partial charge in [-0.1, -0.05) is 20.8 Å². The van der Waals surface area contributed by atoms with Crippen molar-refractivity contribution in [1.29, 1.82) is 0 Å². The predicted molar refractivity (Wildman–Crippen MR) is 72.9 cm³/mol. The fourth-order valence-electron chi connectivity index (χ4n) is 2.54. The van der Waals surface area contributed by atoms with Crippen molar-refractivity contribution in [2.75, 3.05) is 31.6 Å². The summed E-state index contributed by atoms with van der Waals surface area (Å²) in [6.07, 6.45) is 5.00. The van der Waals surface area contributed by atoms with Gasteiger partial charge in [0.05, 0.1) is 5.75 Å². The third-order valence-electron chi connectivity index (χ3n) is 3.82. The summed E-state index contributed by atoms with van der Waals surface area (Å²) in [7, 11) is -2.82. The van der Waals surface area contributed by atoms with Crippen LogP contribution in [0.1, 0.15) is 40.0 Å². The number of rotatable bonds is 3. The Morgan fingerprint density at radius 1 is 1.18 bits per heavy atom. The third-order valence-corrected chi connectivity index (χ3v) is 4.75. The van der Waals surface area contributed by atoms with Gasteiger partial charge in [-0.15, -0.1) is 0 Å². The quantitative estimate of drug-likeness (QED) is 0.781. The predicted octanol–water partition coefficient (Wildman–Crippen LogP) is 2.18. The van der Waals surface area contributed by atoms with Gasteiger partial charge in [0.2, 0.25) is 0 Å². The number of hydrogen-bond acceptors (Lipinski definition) is 3. The first-order valence-corrected chi connectivity index (χ1v) is 8.64. The fraction of sp³-hybridized carbons (Fsp3) is 1.00. The highest BCUT2D eigenvalue weighted by atomic mass is 32.2. The second kappa shape index (κ2) is 5.70. The molecule has 0 aromatic heterocycles. The van der Waals surface area contributed by atoms with E-state index in [0.29, 0.717) is 17.7 Å². The first kappa shape index (κ1) is 15.0. The molecule has 1 aliphatic rings. The van der Waals surface area contributed by atoms with Gasteiger partial charge in [0.25, 0.3) is 0 Å². The van der Waals surface area contributed by atoms with Crippen LogP contribution in [-0.2, 0) is 9.84 Å². The van der Waals surface area contributed by atoms with Crippen molar-refractivity contribution >= 4 is 9.84 Å². The van der Waals surface area contributed by atoms with Gasteiger partial charge in [-0.2, -0.15) is 0 Å². The second-order valence-corrected chi connectivity index (χ2v) is 8.73. The van der Waals surface area contributed by atoms with Gasteiger partial charge >= 0.3 is 0 Å². The van der Waals surface area contributed by atoms with E-state index in [0.717, 1.165) is 19.0 Å². The summed E-state index contributed by atoms with van der Waals surface area (Å²) in [5.41, 5.74) is 0.382.